The number of aromatic nitrogens is 2. The molecule has 0 aliphatic rings. The fourth-order valence-electron chi connectivity index (χ4n) is 3.34. The maximum atomic E-state index is 12.5. The third-order valence-corrected chi connectivity index (χ3v) is 4.60. The second-order valence-electron chi connectivity index (χ2n) is 7.04. The van der Waals surface area contributed by atoms with E-state index in [1.807, 2.05) is 12.1 Å². The number of nitro groups is 1. The second-order valence-corrected chi connectivity index (χ2v) is 7.04. The van der Waals surface area contributed by atoms with Crippen molar-refractivity contribution in [3.8, 4) is 17.2 Å². The number of carbonyl (C=O) groups excluding carboxylic acids is 1. The first-order chi connectivity index (χ1) is 14.9. The van der Waals surface area contributed by atoms with Crippen LogP contribution in [0.15, 0.2) is 48.7 Å². The van der Waals surface area contributed by atoms with E-state index in [2.05, 4.69) is 9.97 Å². The first-order valence-corrected chi connectivity index (χ1v) is 9.49. The van der Waals surface area contributed by atoms with E-state index in [0.29, 0.717) is 27.8 Å². The Kier molecular flexibility index (Phi) is 5.16. The van der Waals surface area contributed by atoms with Crippen LogP contribution in [-0.4, -0.2) is 34.1 Å². The smallest absolute Gasteiger partial charge is 0.361 e. The maximum absolute atomic E-state index is 12.5. The van der Waals surface area contributed by atoms with Gasteiger partial charge in [0.25, 0.3) is 5.69 Å². The van der Waals surface area contributed by atoms with E-state index in [1.165, 1.54) is 31.4 Å². The van der Waals surface area contributed by atoms with Gasteiger partial charge in [-0.1, -0.05) is 6.07 Å². The molecule has 0 spiro atoms. The molecule has 31 heavy (non-hydrogen) atoms. The molecule has 0 fully saturated rings. The van der Waals surface area contributed by atoms with E-state index in [-0.39, 0.29) is 23.2 Å². The molecule has 2 heterocycles. The molecule has 0 unspecified atom stereocenters. The minimum absolute atomic E-state index is 0.0290. The normalized spacial score (nSPS) is 11.1. The van der Waals surface area contributed by atoms with E-state index in [9.17, 15) is 14.9 Å². The number of aromatic amines is 1. The monoisotopic (exact) mass is 421 g/mol. The number of nitro benzene ring substituents is 1. The highest BCUT2D eigenvalue weighted by Gasteiger charge is 2.23. The highest BCUT2D eigenvalue weighted by molar-refractivity contribution is 6.15. The van der Waals surface area contributed by atoms with Crippen LogP contribution in [0.2, 0.25) is 0 Å². The number of hydrogen-bond acceptors (Lipinski definition) is 7. The van der Waals surface area contributed by atoms with Gasteiger partial charge in [-0.2, -0.15) is 0 Å². The lowest BCUT2D eigenvalue weighted by molar-refractivity contribution is -0.384. The predicted molar refractivity (Wildman–Crippen MR) is 114 cm³/mol. The summed E-state index contributed by atoms with van der Waals surface area (Å²) in [5.41, 5.74) is 1.45. The number of carbonyl (C=O) groups is 1. The molecule has 4 aromatic rings. The third kappa shape index (κ3) is 3.73. The number of fused-ring (bicyclic) bond motifs is 3. The molecular weight excluding hydrogens is 402 g/mol. The zero-order valence-electron chi connectivity index (χ0n) is 17.0. The molecule has 1 N–H and O–H groups in total. The molecule has 0 amide bonds. The number of rotatable bonds is 6. The molecule has 2 aromatic carbocycles. The lowest BCUT2D eigenvalue weighted by Gasteiger charge is -2.12. The van der Waals surface area contributed by atoms with Crippen molar-refractivity contribution < 1.29 is 23.9 Å². The van der Waals surface area contributed by atoms with Crippen molar-refractivity contribution in [2.24, 2.45) is 0 Å². The number of pyridine rings is 1. The quantitative estimate of drug-likeness (QED) is 0.265. The zero-order valence-corrected chi connectivity index (χ0v) is 17.0. The van der Waals surface area contributed by atoms with Gasteiger partial charge in [0, 0.05) is 12.1 Å². The Hall–Kier alpha value is -4.14. The van der Waals surface area contributed by atoms with Gasteiger partial charge in [0.1, 0.15) is 11.5 Å². The number of non-ortho nitro benzene ring substituents is 1. The molecular formula is C22H19N3O6. The minimum atomic E-state index is -0.586. The standard InChI is InChI=1S/C22H19N3O6/c1-12(2)30-22(26)20-21(29-3)19-16(11-23-20)24-15-5-4-6-17(18(15)19)31-14-9-7-13(8-10-14)25(27)28/h4-12,24H,1-3H3. The number of nitrogens with zero attached hydrogens (tertiary/aromatic N) is 2. The molecule has 0 bridgehead atoms. The summed E-state index contributed by atoms with van der Waals surface area (Å²) in [6, 6.07) is 11.2. The average Bonchev–Trinajstić information content (AvgIpc) is 3.12. The number of esters is 1. The molecule has 0 saturated carbocycles. The van der Waals surface area contributed by atoms with Gasteiger partial charge in [-0.05, 0) is 38.1 Å². The van der Waals surface area contributed by atoms with Crippen molar-refractivity contribution in [3.63, 3.8) is 0 Å². The van der Waals surface area contributed by atoms with Crippen molar-refractivity contribution in [3.05, 3.63) is 64.5 Å². The summed E-state index contributed by atoms with van der Waals surface area (Å²) in [5.74, 6) is 0.608. The fourth-order valence-corrected chi connectivity index (χ4v) is 3.34. The van der Waals surface area contributed by atoms with Crippen molar-refractivity contribution in [2.45, 2.75) is 20.0 Å². The van der Waals surface area contributed by atoms with Crippen LogP contribution in [0.4, 0.5) is 5.69 Å². The van der Waals surface area contributed by atoms with Crippen LogP contribution in [0, 0.1) is 10.1 Å². The Morgan fingerprint density at radius 1 is 1.10 bits per heavy atom. The number of hydrogen-bond donors (Lipinski definition) is 1. The van der Waals surface area contributed by atoms with E-state index >= 15 is 0 Å². The van der Waals surface area contributed by atoms with Crippen molar-refractivity contribution in [2.75, 3.05) is 7.11 Å². The predicted octanol–water partition coefficient (Wildman–Crippen LogP) is 4.99. The summed E-state index contributed by atoms with van der Waals surface area (Å²) in [6.07, 6.45) is 1.24. The summed E-state index contributed by atoms with van der Waals surface area (Å²) in [7, 11) is 1.46. The number of H-pyrrole nitrogens is 1. The molecule has 0 radical (unpaired) electrons. The molecule has 0 atom stereocenters. The van der Waals surface area contributed by atoms with E-state index in [4.69, 9.17) is 14.2 Å². The van der Waals surface area contributed by atoms with Gasteiger partial charge in [0.2, 0.25) is 0 Å². The highest BCUT2D eigenvalue weighted by Crippen LogP contribution is 2.41. The van der Waals surface area contributed by atoms with Crippen LogP contribution in [-0.2, 0) is 4.74 Å². The van der Waals surface area contributed by atoms with Crippen LogP contribution in [0.5, 0.6) is 17.2 Å². The van der Waals surface area contributed by atoms with Gasteiger partial charge < -0.3 is 19.2 Å². The van der Waals surface area contributed by atoms with Crippen molar-refractivity contribution in [1.82, 2.24) is 9.97 Å². The van der Waals surface area contributed by atoms with Gasteiger partial charge in [-0.15, -0.1) is 0 Å². The second kappa shape index (κ2) is 7.94. The lowest BCUT2D eigenvalue weighted by atomic mass is 10.1. The number of methoxy groups -OCH3 is 1. The van der Waals surface area contributed by atoms with Gasteiger partial charge in [0.15, 0.2) is 11.4 Å². The van der Waals surface area contributed by atoms with Gasteiger partial charge in [0.05, 0.1) is 46.1 Å². The third-order valence-electron chi connectivity index (χ3n) is 4.60. The Labute approximate surface area is 176 Å². The Bertz CT molecular complexity index is 1290. The Morgan fingerprint density at radius 3 is 2.48 bits per heavy atom. The van der Waals surface area contributed by atoms with E-state index < -0.39 is 10.9 Å². The van der Waals surface area contributed by atoms with Gasteiger partial charge in [-0.25, -0.2) is 9.78 Å². The molecule has 0 saturated heterocycles. The summed E-state index contributed by atoms with van der Waals surface area (Å²) < 4.78 is 16.9. The van der Waals surface area contributed by atoms with Crippen molar-refractivity contribution >= 4 is 33.5 Å². The van der Waals surface area contributed by atoms with E-state index in [1.54, 1.807) is 26.1 Å². The van der Waals surface area contributed by atoms with Crippen LogP contribution in [0.3, 0.4) is 0 Å². The van der Waals surface area contributed by atoms with Crippen LogP contribution in [0.1, 0.15) is 24.3 Å². The molecule has 4 rings (SSSR count). The maximum Gasteiger partial charge on any atom is 0.361 e. The Balaban J connectivity index is 1.87. The molecule has 0 aliphatic heterocycles. The first-order valence-electron chi connectivity index (χ1n) is 9.49. The summed E-state index contributed by atoms with van der Waals surface area (Å²) in [4.78, 5) is 30.4. The highest BCUT2D eigenvalue weighted by atomic mass is 16.6. The lowest BCUT2D eigenvalue weighted by Crippen LogP contribution is -2.14. The molecule has 9 heteroatoms. The summed E-state index contributed by atoms with van der Waals surface area (Å²) in [5, 5.41) is 12.2. The minimum Gasteiger partial charge on any atom is -0.493 e. The molecule has 9 nitrogen and oxygen atoms in total. The molecule has 0 aliphatic carbocycles. The molecule has 2 aromatic heterocycles. The first kappa shape index (κ1) is 20.1. The largest absolute Gasteiger partial charge is 0.493 e. The van der Waals surface area contributed by atoms with Crippen LogP contribution >= 0.6 is 0 Å². The SMILES string of the molecule is COc1c(C(=O)OC(C)C)ncc2[nH]c3cccc(Oc4ccc([N+](=O)[O-])cc4)c3c12. The number of nitrogens with one attached hydrogen (secondary N) is 1. The fraction of sp³-hybridized carbons (Fsp3) is 0.182. The number of benzene rings is 2. The van der Waals surface area contributed by atoms with Crippen molar-refractivity contribution in [1.29, 1.82) is 0 Å². The zero-order chi connectivity index (χ0) is 22.1. The number of ether oxygens (including phenoxy) is 3. The molecule has 158 valence electrons. The summed E-state index contributed by atoms with van der Waals surface area (Å²) in [6.45, 7) is 3.51. The van der Waals surface area contributed by atoms with Gasteiger partial charge >= 0.3 is 5.97 Å². The van der Waals surface area contributed by atoms with Crippen LogP contribution in [0.25, 0.3) is 21.8 Å². The summed E-state index contributed by atoms with van der Waals surface area (Å²) >= 11 is 0. The van der Waals surface area contributed by atoms with Crippen LogP contribution < -0.4 is 9.47 Å². The Morgan fingerprint density at radius 2 is 1.84 bits per heavy atom. The average molecular weight is 421 g/mol. The van der Waals surface area contributed by atoms with E-state index in [0.717, 1.165) is 5.52 Å². The van der Waals surface area contributed by atoms with Gasteiger partial charge in [-0.3, -0.25) is 10.1 Å². The topological polar surface area (TPSA) is 117 Å².